The highest BCUT2D eigenvalue weighted by molar-refractivity contribution is 5.98. The van der Waals surface area contributed by atoms with Crippen LogP contribution < -0.4 is 5.32 Å². The van der Waals surface area contributed by atoms with Crippen molar-refractivity contribution < 1.29 is 9.59 Å². The Labute approximate surface area is 119 Å². The maximum absolute atomic E-state index is 12.2. The Morgan fingerprint density at radius 3 is 2.50 bits per heavy atom. The fourth-order valence-electron chi connectivity index (χ4n) is 2.63. The minimum atomic E-state index is -0.352. The van der Waals surface area contributed by atoms with Gasteiger partial charge < -0.3 is 5.32 Å². The quantitative estimate of drug-likeness (QED) is 0.916. The molecule has 0 saturated carbocycles. The van der Waals surface area contributed by atoms with Crippen LogP contribution in [0.15, 0.2) is 41.6 Å². The van der Waals surface area contributed by atoms with Gasteiger partial charge in [-0.15, -0.1) is 0 Å². The first-order chi connectivity index (χ1) is 9.56. The van der Waals surface area contributed by atoms with Crippen LogP contribution >= 0.6 is 0 Å². The molecule has 0 fully saturated rings. The van der Waals surface area contributed by atoms with Gasteiger partial charge in [-0.1, -0.05) is 37.3 Å². The summed E-state index contributed by atoms with van der Waals surface area (Å²) in [6.45, 7) is 6.03. The third-order valence-corrected chi connectivity index (χ3v) is 3.56. The summed E-state index contributed by atoms with van der Waals surface area (Å²) in [6.07, 6.45) is 0.853. The van der Waals surface area contributed by atoms with Gasteiger partial charge in [-0.05, 0) is 25.8 Å². The number of rotatable bonds is 4. The van der Waals surface area contributed by atoms with E-state index in [1.807, 2.05) is 44.2 Å². The predicted octanol–water partition coefficient (Wildman–Crippen LogP) is 3.03. The lowest BCUT2D eigenvalue weighted by Crippen LogP contribution is -2.47. The Hall–Kier alpha value is -2.10. The summed E-state index contributed by atoms with van der Waals surface area (Å²) >= 11 is 0. The number of benzene rings is 1. The van der Waals surface area contributed by atoms with Crippen molar-refractivity contribution >= 4 is 11.8 Å². The number of Topliss-reactive ketones (excluding diaryl/α,β-unsaturated/α-hetero) is 1. The number of carbonyl (C=O) groups is 2. The Morgan fingerprint density at radius 2 is 1.95 bits per heavy atom. The maximum Gasteiger partial charge on any atom is 0.322 e. The SMILES string of the molecule is CCCN1C(=O)N[C@@H](c2ccccc2)C(C(C)=O)=C1C. The minimum Gasteiger partial charge on any atom is -0.327 e. The van der Waals surface area contributed by atoms with E-state index in [4.69, 9.17) is 0 Å². The smallest absolute Gasteiger partial charge is 0.322 e. The van der Waals surface area contributed by atoms with Crippen LogP contribution in [0.4, 0.5) is 4.79 Å². The average molecular weight is 272 g/mol. The number of hydrogen-bond donors (Lipinski definition) is 1. The van der Waals surface area contributed by atoms with Gasteiger partial charge in [0.15, 0.2) is 5.78 Å². The summed E-state index contributed by atoms with van der Waals surface area (Å²) in [5, 5.41) is 2.94. The Bertz CT molecular complexity index is 549. The Morgan fingerprint density at radius 1 is 1.30 bits per heavy atom. The van der Waals surface area contributed by atoms with E-state index in [2.05, 4.69) is 5.32 Å². The van der Waals surface area contributed by atoms with E-state index in [0.717, 1.165) is 17.7 Å². The monoisotopic (exact) mass is 272 g/mol. The van der Waals surface area contributed by atoms with Gasteiger partial charge in [0.05, 0.1) is 6.04 Å². The molecule has 2 rings (SSSR count). The molecule has 0 aliphatic carbocycles. The maximum atomic E-state index is 12.2. The molecule has 1 heterocycles. The number of carbonyl (C=O) groups excluding carboxylic acids is 2. The minimum absolute atomic E-state index is 0.00236. The summed E-state index contributed by atoms with van der Waals surface area (Å²) in [5.41, 5.74) is 2.36. The van der Waals surface area contributed by atoms with Crippen molar-refractivity contribution in [1.82, 2.24) is 10.2 Å². The summed E-state index contributed by atoms with van der Waals surface area (Å²) in [7, 11) is 0. The molecule has 1 atom stereocenters. The largest absolute Gasteiger partial charge is 0.327 e. The molecule has 1 N–H and O–H groups in total. The molecule has 0 saturated heterocycles. The zero-order chi connectivity index (χ0) is 14.7. The second-order valence-corrected chi connectivity index (χ2v) is 5.00. The van der Waals surface area contributed by atoms with Gasteiger partial charge in [-0.2, -0.15) is 0 Å². The number of nitrogens with one attached hydrogen (secondary N) is 1. The first-order valence-electron chi connectivity index (χ1n) is 6.91. The van der Waals surface area contributed by atoms with Gasteiger partial charge in [-0.25, -0.2) is 4.79 Å². The van der Waals surface area contributed by atoms with E-state index in [1.165, 1.54) is 0 Å². The molecule has 1 aliphatic heterocycles. The van der Waals surface area contributed by atoms with Gasteiger partial charge in [0.1, 0.15) is 0 Å². The topological polar surface area (TPSA) is 49.4 Å². The zero-order valence-electron chi connectivity index (χ0n) is 12.1. The molecule has 0 unspecified atom stereocenters. The van der Waals surface area contributed by atoms with Crippen molar-refractivity contribution in [2.75, 3.05) is 6.54 Å². The lowest BCUT2D eigenvalue weighted by molar-refractivity contribution is -0.114. The average Bonchev–Trinajstić information content (AvgIpc) is 2.43. The molecule has 0 aromatic heterocycles. The number of urea groups is 1. The first-order valence-corrected chi connectivity index (χ1v) is 6.91. The van der Waals surface area contributed by atoms with E-state index in [9.17, 15) is 9.59 Å². The van der Waals surface area contributed by atoms with E-state index in [1.54, 1.807) is 11.8 Å². The second kappa shape index (κ2) is 5.90. The number of amides is 2. The van der Waals surface area contributed by atoms with Crippen LogP contribution in [-0.2, 0) is 4.79 Å². The van der Waals surface area contributed by atoms with E-state index >= 15 is 0 Å². The van der Waals surface area contributed by atoms with Gasteiger partial charge >= 0.3 is 6.03 Å². The highest BCUT2D eigenvalue weighted by atomic mass is 16.2. The Kier molecular flexibility index (Phi) is 4.23. The standard InChI is InChI=1S/C16H20N2O2/c1-4-10-18-11(2)14(12(3)19)15(17-16(18)20)13-8-6-5-7-9-13/h5-9,15H,4,10H2,1-3H3,(H,17,20)/t15-/m0/s1. The van der Waals surface area contributed by atoms with Crippen LogP contribution in [0.25, 0.3) is 0 Å². The van der Waals surface area contributed by atoms with E-state index in [-0.39, 0.29) is 17.9 Å². The summed E-state index contributed by atoms with van der Waals surface area (Å²) < 4.78 is 0. The van der Waals surface area contributed by atoms with Crippen molar-refractivity contribution in [2.45, 2.75) is 33.2 Å². The van der Waals surface area contributed by atoms with Crippen LogP contribution in [0.2, 0.25) is 0 Å². The van der Waals surface area contributed by atoms with Gasteiger partial charge in [0.25, 0.3) is 0 Å². The van der Waals surface area contributed by atoms with Crippen LogP contribution in [0.5, 0.6) is 0 Å². The molecule has 1 aliphatic rings. The van der Waals surface area contributed by atoms with Crippen LogP contribution in [0.1, 0.15) is 38.8 Å². The van der Waals surface area contributed by atoms with Gasteiger partial charge in [0, 0.05) is 17.8 Å². The number of ketones is 1. The summed E-state index contributed by atoms with van der Waals surface area (Å²) in [5.74, 6) is -0.00236. The molecule has 20 heavy (non-hydrogen) atoms. The van der Waals surface area contributed by atoms with E-state index < -0.39 is 0 Å². The van der Waals surface area contributed by atoms with Crippen LogP contribution in [0, 0.1) is 0 Å². The highest BCUT2D eigenvalue weighted by Gasteiger charge is 2.33. The van der Waals surface area contributed by atoms with Crippen LogP contribution in [0.3, 0.4) is 0 Å². The fraction of sp³-hybridized carbons (Fsp3) is 0.375. The molecule has 0 spiro atoms. The number of allylic oxidation sites excluding steroid dienone is 1. The third-order valence-electron chi connectivity index (χ3n) is 3.56. The molecule has 4 heteroatoms. The fourth-order valence-corrected chi connectivity index (χ4v) is 2.63. The third kappa shape index (κ3) is 2.59. The van der Waals surface area contributed by atoms with Crippen molar-refractivity contribution in [2.24, 2.45) is 0 Å². The normalized spacial score (nSPS) is 19.1. The number of nitrogens with zero attached hydrogens (tertiary/aromatic N) is 1. The second-order valence-electron chi connectivity index (χ2n) is 5.00. The number of hydrogen-bond acceptors (Lipinski definition) is 2. The molecular formula is C16H20N2O2. The lowest BCUT2D eigenvalue weighted by atomic mass is 9.92. The molecule has 106 valence electrons. The van der Waals surface area contributed by atoms with Crippen molar-refractivity contribution in [3.05, 3.63) is 47.2 Å². The summed E-state index contributed by atoms with van der Waals surface area (Å²) in [6, 6.07) is 9.10. The van der Waals surface area contributed by atoms with Crippen molar-refractivity contribution in [1.29, 1.82) is 0 Å². The molecule has 0 bridgehead atoms. The predicted molar refractivity (Wildman–Crippen MR) is 78.1 cm³/mol. The molecule has 2 amide bonds. The summed E-state index contributed by atoms with van der Waals surface area (Å²) in [4.78, 5) is 25.9. The molecular weight excluding hydrogens is 252 g/mol. The molecule has 1 aromatic carbocycles. The molecule has 4 nitrogen and oxygen atoms in total. The Balaban J connectivity index is 2.48. The highest BCUT2D eigenvalue weighted by Crippen LogP contribution is 2.30. The molecule has 0 radical (unpaired) electrons. The first kappa shape index (κ1) is 14.3. The van der Waals surface area contributed by atoms with Gasteiger partial charge in [-0.3, -0.25) is 9.69 Å². The zero-order valence-corrected chi connectivity index (χ0v) is 12.1. The molecule has 1 aromatic rings. The van der Waals surface area contributed by atoms with Crippen molar-refractivity contribution in [3.8, 4) is 0 Å². The van der Waals surface area contributed by atoms with E-state index in [0.29, 0.717) is 12.1 Å². The van der Waals surface area contributed by atoms with Gasteiger partial charge in [0.2, 0.25) is 0 Å². The van der Waals surface area contributed by atoms with Crippen molar-refractivity contribution in [3.63, 3.8) is 0 Å². The lowest BCUT2D eigenvalue weighted by Gasteiger charge is -2.35. The van der Waals surface area contributed by atoms with Crippen LogP contribution in [-0.4, -0.2) is 23.3 Å².